The number of halogens is 1. The van der Waals surface area contributed by atoms with Crippen LogP contribution in [-0.4, -0.2) is 18.6 Å². The van der Waals surface area contributed by atoms with Crippen molar-refractivity contribution in [2.24, 2.45) is 0 Å². The van der Waals surface area contributed by atoms with E-state index in [4.69, 9.17) is 16.3 Å². The largest absolute Gasteiger partial charge is 0.494 e. The van der Waals surface area contributed by atoms with E-state index in [-0.39, 0.29) is 12.0 Å². The SMILES string of the molecule is CC=C(C)OC(C)CNC(=O)c1ccc(Cl)s1. The molecule has 0 aliphatic carbocycles. The first-order valence-corrected chi connectivity index (χ1v) is 6.55. The second-order valence-corrected chi connectivity index (χ2v) is 5.36. The summed E-state index contributed by atoms with van der Waals surface area (Å²) in [6.07, 6.45) is 1.84. The molecule has 0 saturated carbocycles. The zero-order valence-electron chi connectivity index (χ0n) is 10.1. The van der Waals surface area contributed by atoms with E-state index in [9.17, 15) is 4.79 Å². The number of allylic oxidation sites excluding steroid dienone is 2. The molecular weight excluding hydrogens is 258 g/mol. The van der Waals surface area contributed by atoms with Gasteiger partial charge in [-0.15, -0.1) is 11.3 Å². The Morgan fingerprint density at radius 3 is 2.88 bits per heavy atom. The predicted octanol–water partition coefficient (Wildman–Crippen LogP) is 3.46. The third-order valence-corrected chi connectivity index (χ3v) is 3.37. The molecule has 1 aromatic rings. The van der Waals surface area contributed by atoms with E-state index in [0.717, 1.165) is 5.76 Å². The fourth-order valence-corrected chi connectivity index (χ4v) is 2.15. The summed E-state index contributed by atoms with van der Waals surface area (Å²) in [6, 6.07) is 3.43. The molecule has 1 N–H and O–H groups in total. The summed E-state index contributed by atoms with van der Waals surface area (Å²) in [5.74, 6) is 0.737. The van der Waals surface area contributed by atoms with Crippen molar-refractivity contribution < 1.29 is 9.53 Å². The molecule has 0 aromatic carbocycles. The van der Waals surface area contributed by atoms with Gasteiger partial charge in [-0.3, -0.25) is 4.79 Å². The maximum absolute atomic E-state index is 11.7. The van der Waals surface area contributed by atoms with E-state index in [1.165, 1.54) is 11.3 Å². The molecule has 94 valence electrons. The second-order valence-electron chi connectivity index (χ2n) is 3.64. The van der Waals surface area contributed by atoms with Crippen molar-refractivity contribution >= 4 is 28.8 Å². The van der Waals surface area contributed by atoms with E-state index in [2.05, 4.69) is 5.32 Å². The van der Waals surface area contributed by atoms with Crippen molar-refractivity contribution in [1.29, 1.82) is 0 Å². The highest BCUT2D eigenvalue weighted by Gasteiger charge is 2.10. The van der Waals surface area contributed by atoms with Crippen molar-refractivity contribution in [3.63, 3.8) is 0 Å². The third-order valence-electron chi connectivity index (χ3n) is 2.14. The van der Waals surface area contributed by atoms with Gasteiger partial charge in [-0.25, -0.2) is 0 Å². The Morgan fingerprint density at radius 2 is 2.35 bits per heavy atom. The molecule has 1 rings (SSSR count). The van der Waals surface area contributed by atoms with E-state index in [1.807, 2.05) is 26.8 Å². The fourth-order valence-electron chi connectivity index (χ4n) is 1.19. The lowest BCUT2D eigenvalue weighted by Crippen LogP contribution is -2.31. The number of hydrogen-bond donors (Lipinski definition) is 1. The van der Waals surface area contributed by atoms with E-state index >= 15 is 0 Å². The highest BCUT2D eigenvalue weighted by atomic mass is 35.5. The number of amides is 1. The van der Waals surface area contributed by atoms with Gasteiger partial charge in [0.2, 0.25) is 0 Å². The minimum atomic E-state index is -0.115. The molecule has 1 atom stereocenters. The van der Waals surface area contributed by atoms with Gasteiger partial charge < -0.3 is 10.1 Å². The first kappa shape index (κ1) is 14.1. The molecule has 3 nitrogen and oxygen atoms in total. The highest BCUT2D eigenvalue weighted by molar-refractivity contribution is 7.17. The number of hydrogen-bond acceptors (Lipinski definition) is 3. The predicted molar refractivity (Wildman–Crippen MR) is 71.6 cm³/mol. The normalized spacial score (nSPS) is 13.3. The van der Waals surface area contributed by atoms with Crippen LogP contribution in [0.25, 0.3) is 0 Å². The molecule has 0 radical (unpaired) electrons. The van der Waals surface area contributed by atoms with Crippen LogP contribution in [-0.2, 0) is 4.74 Å². The van der Waals surface area contributed by atoms with Crippen LogP contribution in [0.5, 0.6) is 0 Å². The summed E-state index contributed by atoms with van der Waals surface area (Å²) in [5, 5.41) is 2.80. The summed E-state index contributed by atoms with van der Waals surface area (Å²) in [5.41, 5.74) is 0. The standard InChI is InChI=1S/C12H16ClNO2S/c1-4-8(2)16-9(3)7-14-12(15)10-5-6-11(13)17-10/h4-6,9H,7H2,1-3H3,(H,14,15). The summed E-state index contributed by atoms with van der Waals surface area (Å²) in [6.45, 7) is 6.18. The van der Waals surface area contributed by atoms with Crippen molar-refractivity contribution in [3.05, 3.63) is 33.2 Å². The van der Waals surface area contributed by atoms with Gasteiger partial charge in [-0.05, 0) is 39.0 Å². The Morgan fingerprint density at radius 1 is 1.65 bits per heavy atom. The van der Waals surface area contributed by atoms with Crippen LogP contribution in [0.2, 0.25) is 4.34 Å². The van der Waals surface area contributed by atoms with Gasteiger partial charge in [-0.2, -0.15) is 0 Å². The van der Waals surface area contributed by atoms with Crippen molar-refractivity contribution in [2.45, 2.75) is 26.9 Å². The van der Waals surface area contributed by atoms with Crippen LogP contribution in [0.1, 0.15) is 30.4 Å². The molecule has 1 aromatic heterocycles. The number of carbonyl (C=O) groups is 1. The Labute approximate surface area is 110 Å². The quantitative estimate of drug-likeness (QED) is 0.835. The summed E-state index contributed by atoms with van der Waals surface area (Å²) in [7, 11) is 0. The Balaban J connectivity index is 2.38. The zero-order valence-corrected chi connectivity index (χ0v) is 11.7. The van der Waals surface area contributed by atoms with Crippen LogP contribution in [0, 0.1) is 0 Å². The summed E-state index contributed by atoms with van der Waals surface area (Å²) in [4.78, 5) is 12.3. The molecule has 17 heavy (non-hydrogen) atoms. The maximum Gasteiger partial charge on any atom is 0.261 e. The van der Waals surface area contributed by atoms with Gasteiger partial charge in [0.05, 0.1) is 21.5 Å². The molecule has 0 saturated heterocycles. The average molecular weight is 274 g/mol. The molecule has 5 heteroatoms. The van der Waals surface area contributed by atoms with Gasteiger partial charge >= 0.3 is 0 Å². The molecule has 0 fully saturated rings. The molecular formula is C12H16ClNO2S. The monoisotopic (exact) mass is 273 g/mol. The number of ether oxygens (including phenoxy) is 1. The van der Waals surface area contributed by atoms with Crippen LogP contribution in [0.4, 0.5) is 0 Å². The smallest absolute Gasteiger partial charge is 0.261 e. The van der Waals surface area contributed by atoms with Gasteiger partial charge in [0.25, 0.3) is 5.91 Å². The molecule has 1 heterocycles. The van der Waals surface area contributed by atoms with E-state index < -0.39 is 0 Å². The molecule has 0 aliphatic heterocycles. The molecule has 0 bridgehead atoms. The molecule has 0 aliphatic rings. The summed E-state index contributed by atoms with van der Waals surface area (Å²) < 4.78 is 6.13. The van der Waals surface area contributed by atoms with Crippen LogP contribution < -0.4 is 5.32 Å². The third kappa shape index (κ3) is 4.79. The van der Waals surface area contributed by atoms with Crippen molar-refractivity contribution in [2.75, 3.05) is 6.54 Å². The first-order chi connectivity index (χ1) is 8.02. The van der Waals surface area contributed by atoms with Crippen molar-refractivity contribution in [1.82, 2.24) is 5.32 Å². The summed E-state index contributed by atoms with van der Waals surface area (Å²) >= 11 is 7.03. The zero-order chi connectivity index (χ0) is 12.8. The lowest BCUT2D eigenvalue weighted by Gasteiger charge is -2.15. The van der Waals surface area contributed by atoms with E-state index in [1.54, 1.807) is 12.1 Å². The minimum Gasteiger partial charge on any atom is -0.494 e. The van der Waals surface area contributed by atoms with Crippen LogP contribution >= 0.6 is 22.9 Å². The molecule has 0 spiro atoms. The van der Waals surface area contributed by atoms with Gasteiger partial charge in [0.15, 0.2) is 0 Å². The second kappa shape index (κ2) is 6.67. The minimum absolute atomic E-state index is 0.0504. The van der Waals surface area contributed by atoms with Crippen LogP contribution in [0.3, 0.4) is 0 Å². The first-order valence-electron chi connectivity index (χ1n) is 5.36. The number of rotatable bonds is 5. The Bertz CT molecular complexity index is 414. The molecule has 1 unspecified atom stereocenters. The maximum atomic E-state index is 11.7. The average Bonchev–Trinajstić information content (AvgIpc) is 2.72. The lowest BCUT2D eigenvalue weighted by atomic mass is 10.3. The van der Waals surface area contributed by atoms with Crippen molar-refractivity contribution in [3.8, 4) is 0 Å². The lowest BCUT2D eigenvalue weighted by molar-refractivity contribution is 0.0895. The number of nitrogens with one attached hydrogen (secondary N) is 1. The van der Waals surface area contributed by atoms with Gasteiger partial charge in [-0.1, -0.05) is 11.6 Å². The van der Waals surface area contributed by atoms with Gasteiger partial charge in [0, 0.05) is 0 Å². The Hall–Kier alpha value is -1.000. The molecule has 1 amide bonds. The van der Waals surface area contributed by atoms with Crippen LogP contribution in [0.15, 0.2) is 24.0 Å². The van der Waals surface area contributed by atoms with Gasteiger partial charge in [0.1, 0.15) is 6.10 Å². The van der Waals surface area contributed by atoms with E-state index in [0.29, 0.717) is 15.8 Å². The number of carbonyl (C=O) groups excluding carboxylic acids is 1. The fraction of sp³-hybridized carbons (Fsp3) is 0.417. The topological polar surface area (TPSA) is 38.3 Å². The highest BCUT2D eigenvalue weighted by Crippen LogP contribution is 2.21. The Kier molecular flexibility index (Phi) is 5.51. The number of thiophene rings is 1.